The highest BCUT2D eigenvalue weighted by atomic mass is 16.6. The molecule has 0 unspecified atom stereocenters. The summed E-state index contributed by atoms with van der Waals surface area (Å²) in [5, 5.41) is 11.2. The molecule has 0 spiro atoms. The van der Waals surface area contributed by atoms with E-state index in [0.717, 1.165) is 7.11 Å². The van der Waals surface area contributed by atoms with E-state index in [4.69, 9.17) is 0 Å². The van der Waals surface area contributed by atoms with E-state index < -0.39 is 16.9 Å². The molecule has 1 heterocycles. The summed E-state index contributed by atoms with van der Waals surface area (Å²) in [6, 6.07) is 0. The molecule has 0 bridgehead atoms. The number of hydrogen-bond acceptors (Lipinski definition) is 6. The predicted molar refractivity (Wildman–Crippen MR) is 71.3 cm³/mol. The molecule has 0 N–H and O–H groups in total. The average Bonchev–Trinajstić information content (AvgIpc) is 2.82. The number of rotatable bonds is 3. The lowest BCUT2D eigenvalue weighted by Gasteiger charge is -2.18. The number of aromatic nitrogens is 1. The summed E-state index contributed by atoms with van der Waals surface area (Å²) in [7, 11) is 4.01. The highest BCUT2D eigenvalue weighted by molar-refractivity contribution is 6.24. The first-order valence-electron chi connectivity index (χ1n) is 6.15. The summed E-state index contributed by atoms with van der Waals surface area (Å²) in [5.74, 6) is -1.47. The Morgan fingerprint density at radius 3 is 2.38 bits per heavy atom. The second-order valence-corrected chi connectivity index (χ2v) is 4.54. The number of nitro groups is 1. The zero-order valence-corrected chi connectivity index (χ0v) is 11.8. The first-order chi connectivity index (χ1) is 9.92. The largest absolute Gasteiger partial charge is 0.466 e. The van der Waals surface area contributed by atoms with Crippen molar-refractivity contribution in [3.63, 3.8) is 0 Å². The SMILES string of the molecule is COC(=O)C1=C(C(=O)OC)c2c([N+](=O)[O-])cn(C)c2CC1. The van der Waals surface area contributed by atoms with Crippen LogP contribution in [0.1, 0.15) is 17.7 Å². The summed E-state index contributed by atoms with van der Waals surface area (Å²) < 4.78 is 10.9. The number of hydrogen-bond donors (Lipinski definition) is 0. The van der Waals surface area contributed by atoms with Gasteiger partial charge in [0.15, 0.2) is 0 Å². The topological polar surface area (TPSA) is 101 Å². The first kappa shape index (κ1) is 14.8. The molecule has 0 fully saturated rings. The maximum Gasteiger partial charge on any atom is 0.339 e. The smallest absolute Gasteiger partial charge is 0.339 e. The van der Waals surface area contributed by atoms with Crippen LogP contribution in [0.15, 0.2) is 11.8 Å². The van der Waals surface area contributed by atoms with E-state index in [1.165, 1.54) is 13.3 Å². The van der Waals surface area contributed by atoms with Gasteiger partial charge in [-0.2, -0.15) is 0 Å². The van der Waals surface area contributed by atoms with Crippen LogP contribution in [0.4, 0.5) is 5.69 Å². The van der Waals surface area contributed by atoms with Crippen LogP contribution in [0, 0.1) is 10.1 Å². The molecule has 21 heavy (non-hydrogen) atoms. The molecule has 1 aromatic rings. The van der Waals surface area contributed by atoms with Crippen molar-refractivity contribution in [1.29, 1.82) is 0 Å². The molecule has 0 amide bonds. The molecule has 112 valence electrons. The Hall–Kier alpha value is -2.64. The van der Waals surface area contributed by atoms with Crippen LogP contribution in [0.5, 0.6) is 0 Å². The van der Waals surface area contributed by atoms with Crippen molar-refractivity contribution in [2.24, 2.45) is 7.05 Å². The number of carbonyl (C=O) groups is 2. The highest BCUT2D eigenvalue weighted by Gasteiger charge is 2.37. The molecule has 0 aromatic carbocycles. The molecule has 0 radical (unpaired) electrons. The first-order valence-corrected chi connectivity index (χ1v) is 6.15. The fourth-order valence-corrected chi connectivity index (χ4v) is 2.54. The normalized spacial score (nSPS) is 13.7. The molecule has 0 atom stereocenters. The van der Waals surface area contributed by atoms with E-state index in [1.54, 1.807) is 11.6 Å². The van der Waals surface area contributed by atoms with Crippen LogP contribution in [0.3, 0.4) is 0 Å². The van der Waals surface area contributed by atoms with Gasteiger partial charge in [-0.3, -0.25) is 10.1 Å². The monoisotopic (exact) mass is 294 g/mol. The lowest BCUT2D eigenvalue weighted by Crippen LogP contribution is -2.20. The van der Waals surface area contributed by atoms with Gasteiger partial charge in [0.05, 0.1) is 42.0 Å². The minimum Gasteiger partial charge on any atom is -0.466 e. The van der Waals surface area contributed by atoms with Crippen LogP contribution in [0.25, 0.3) is 5.57 Å². The Morgan fingerprint density at radius 2 is 1.86 bits per heavy atom. The van der Waals surface area contributed by atoms with Gasteiger partial charge in [-0.25, -0.2) is 9.59 Å². The number of nitrogens with zero attached hydrogens (tertiary/aromatic N) is 2. The van der Waals surface area contributed by atoms with E-state index in [9.17, 15) is 19.7 Å². The maximum absolute atomic E-state index is 12.0. The number of ether oxygens (including phenoxy) is 2. The van der Waals surface area contributed by atoms with Gasteiger partial charge in [-0.05, 0) is 12.8 Å². The summed E-state index contributed by atoms with van der Waals surface area (Å²) in [4.78, 5) is 34.5. The lowest BCUT2D eigenvalue weighted by atomic mass is 9.88. The van der Waals surface area contributed by atoms with Gasteiger partial charge >= 0.3 is 11.9 Å². The molecule has 0 saturated carbocycles. The van der Waals surface area contributed by atoms with E-state index >= 15 is 0 Å². The Morgan fingerprint density at radius 1 is 1.24 bits per heavy atom. The molecule has 8 nitrogen and oxygen atoms in total. The molecule has 1 aliphatic rings. The predicted octanol–water partition coefficient (Wildman–Crippen LogP) is 0.979. The quantitative estimate of drug-likeness (QED) is 0.468. The third-order valence-corrected chi connectivity index (χ3v) is 3.47. The van der Waals surface area contributed by atoms with Crippen molar-refractivity contribution in [2.45, 2.75) is 12.8 Å². The van der Waals surface area contributed by atoms with Gasteiger partial charge in [-0.15, -0.1) is 0 Å². The fourth-order valence-electron chi connectivity index (χ4n) is 2.54. The van der Waals surface area contributed by atoms with Gasteiger partial charge in [0.25, 0.3) is 5.69 Å². The van der Waals surface area contributed by atoms with Crippen molar-refractivity contribution < 1.29 is 24.0 Å². The van der Waals surface area contributed by atoms with Crippen molar-refractivity contribution in [3.05, 3.63) is 33.1 Å². The summed E-state index contributed by atoms with van der Waals surface area (Å²) in [6.07, 6.45) is 2.00. The van der Waals surface area contributed by atoms with E-state index in [2.05, 4.69) is 9.47 Å². The highest BCUT2D eigenvalue weighted by Crippen LogP contribution is 2.39. The molecule has 0 aliphatic heterocycles. The van der Waals surface area contributed by atoms with E-state index in [-0.39, 0.29) is 28.8 Å². The van der Waals surface area contributed by atoms with Crippen molar-refractivity contribution >= 4 is 23.2 Å². The number of aryl methyl sites for hydroxylation is 1. The van der Waals surface area contributed by atoms with E-state index in [1.807, 2.05) is 0 Å². The van der Waals surface area contributed by atoms with Gasteiger partial charge in [0.2, 0.25) is 0 Å². The molecular weight excluding hydrogens is 280 g/mol. The van der Waals surface area contributed by atoms with Crippen LogP contribution in [0.2, 0.25) is 0 Å². The number of methoxy groups -OCH3 is 2. The van der Waals surface area contributed by atoms with Crippen molar-refractivity contribution in [1.82, 2.24) is 4.57 Å². The van der Waals surface area contributed by atoms with Gasteiger partial charge in [0.1, 0.15) is 0 Å². The Balaban J connectivity index is 2.78. The van der Waals surface area contributed by atoms with Crippen LogP contribution >= 0.6 is 0 Å². The summed E-state index contributed by atoms with van der Waals surface area (Å²) >= 11 is 0. The minimum atomic E-state index is -0.786. The molecule has 2 rings (SSSR count). The number of esters is 2. The minimum absolute atomic E-state index is 0.0853. The van der Waals surface area contributed by atoms with Crippen LogP contribution in [-0.4, -0.2) is 35.6 Å². The third kappa shape index (κ3) is 2.28. The van der Waals surface area contributed by atoms with Gasteiger partial charge in [-0.1, -0.05) is 0 Å². The zero-order valence-electron chi connectivity index (χ0n) is 11.8. The zero-order chi connectivity index (χ0) is 15.7. The molecule has 1 aromatic heterocycles. The molecular formula is C13H14N2O6. The Kier molecular flexibility index (Phi) is 3.79. The standard InChI is InChI=1S/C13H14N2O6/c1-14-6-9(15(18)19)11-8(14)5-4-7(12(16)20-2)10(11)13(17)21-3/h6H,4-5H2,1-3H3. The third-order valence-electron chi connectivity index (χ3n) is 3.47. The Bertz CT molecular complexity index is 670. The maximum atomic E-state index is 12.0. The second kappa shape index (κ2) is 5.39. The van der Waals surface area contributed by atoms with Crippen LogP contribution < -0.4 is 0 Å². The second-order valence-electron chi connectivity index (χ2n) is 4.54. The number of fused-ring (bicyclic) bond motifs is 1. The van der Waals surface area contributed by atoms with Crippen molar-refractivity contribution in [2.75, 3.05) is 14.2 Å². The fraction of sp³-hybridized carbons (Fsp3) is 0.385. The van der Waals surface area contributed by atoms with Gasteiger partial charge < -0.3 is 14.0 Å². The molecule has 1 aliphatic carbocycles. The number of carbonyl (C=O) groups excluding carboxylic acids is 2. The molecule has 8 heteroatoms. The molecule has 0 saturated heterocycles. The van der Waals surface area contributed by atoms with Crippen molar-refractivity contribution in [3.8, 4) is 0 Å². The van der Waals surface area contributed by atoms with E-state index in [0.29, 0.717) is 12.1 Å². The Labute approximate surface area is 120 Å². The summed E-state index contributed by atoms with van der Waals surface area (Å²) in [6.45, 7) is 0. The van der Waals surface area contributed by atoms with Gasteiger partial charge in [0, 0.05) is 12.7 Å². The lowest BCUT2D eigenvalue weighted by molar-refractivity contribution is -0.385. The van der Waals surface area contributed by atoms with Crippen LogP contribution in [-0.2, 0) is 32.5 Å². The summed E-state index contributed by atoms with van der Waals surface area (Å²) in [5.41, 5.74) is 0.550. The average molecular weight is 294 g/mol.